The molecule has 1 aromatic heterocycles. The molecule has 0 N–H and O–H groups in total. The van der Waals surface area contributed by atoms with Crippen molar-refractivity contribution < 1.29 is 4.79 Å². The lowest BCUT2D eigenvalue weighted by Crippen LogP contribution is -2.21. The summed E-state index contributed by atoms with van der Waals surface area (Å²) in [4.78, 5) is 13.2. The minimum Gasteiger partial charge on any atom is -0.292 e. The van der Waals surface area contributed by atoms with Gasteiger partial charge in [-0.15, -0.1) is 0 Å². The number of rotatable bonds is 3. The Balaban J connectivity index is 1.86. The van der Waals surface area contributed by atoms with Crippen molar-refractivity contribution in [2.75, 3.05) is 0 Å². The zero-order valence-electron chi connectivity index (χ0n) is 13.4. The van der Waals surface area contributed by atoms with E-state index in [1.54, 1.807) is 4.68 Å². The van der Waals surface area contributed by atoms with Crippen LogP contribution < -0.4 is 0 Å². The Morgan fingerprint density at radius 1 is 1.00 bits per heavy atom. The Bertz CT molecular complexity index is 876. The maximum absolute atomic E-state index is 13.2. The molecule has 0 atom stereocenters. The van der Waals surface area contributed by atoms with E-state index in [2.05, 4.69) is 5.10 Å². The van der Waals surface area contributed by atoms with E-state index in [4.69, 9.17) is 11.6 Å². The number of ketones is 1. The summed E-state index contributed by atoms with van der Waals surface area (Å²) in [6.07, 6.45) is 5.49. The average molecular weight is 339 g/mol. The fourth-order valence-corrected chi connectivity index (χ4v) is 3.72. The van der Waals surface area contributed by atoms with E-state index < -0.39 is 0 Å². The number of carbonyl (C=O) groups excluding carboxylic acids is 1. The number of aromatic nitrogens is 2. The molecular formula is C20H19ClN2O. The van der Waals surface area contributed by atoms with Crippen LogP contribution in [0.25, 0.3) is 16.6 Å². The summed E-state index contributed by atoms with van der Waals surface area (Å²) in [5.41, 5.74) is 2.43. The van der Waals surface area contributed by atoms with Gasteiger partial charge >= 0.3 is 0 Å². The van der Waals surface area contributed by atoms with Gasteiger partial charge in [0.15, 0.2) is 5.78 Å². The van der Waals surface area contributed by atoms with Gasteiger partial charge in [0.25, 0.3) is 0 Å². The van der Waals surface area contributed by atoms with E-state index in [0.29, 0.717) is 10.7 Å². The highest BCUT2D eigenvalue weighted by Gasteiger charge is 2.27. The van der Waals surface area contributed by atoms with Crippen molar-refractivity contribution in [3.8, 4) is 5.69 Å². The van der Waals surface area contributed by atoms with Gasteiger partial charge in [-0.25, -0.2) is 4.68 Å². The highest BCUT2D eigenvalue weighted by molar-refractivity contribution is 6.30. The second-order valence-electron chi connectivity index (χ2n) is 6.45. The lowest BCUT2D eigenvalue weighted by atomic mass is 9.84. The fourth-order valence-electron chi connectivity index (χ4n) is 3.60. The summed E-state index contributed by atoms with van der Waals surface area (Å²) in [6, 6.07) is 15.3. The van der Waals surface area contributed by atoms with Gasteiger partial charge in [0.1, 0.15) is 5.69 Å². The number of hydrogen-bond donors (Lipinski definition) is 0. The van der Waals surface area contributed by atoms with Crippen molar-refractivity contribution in [1.82, 2.24) is 9.78 Å². The number of benzene rings is 2. The number of carbonyl (C=O) groups is 1. The lowest BCUT2D eigenvalue weighted by molar-refractivity contribution is 0.0883. The monoisotopic (exact) mass is 338 g/mol. The predicted octanol–water partition coefficient (Wildman–Crippen LogP) is 5.44. The Morgan fingerprint density at radius 2 is 1.71 bits per heavy atom. The molecule has 0 aliphatic heterocycles. The largest absolute Gasteiger partial charge is 0.292 e. The van der Waals surface area contributed by atoms with E-state index in [0.717, 1.165) is 42.3 Å². The number of halogens is 1. The summed E-state index contributed by atoms with van der Waals surface area (Å²) in [6.45, 7) is 0. The normalized spacial score (nSPS) is 15.7. The molecule has 0 saturated heterocycles. The first-order valence-corrected chi connectivity index (χ1v) is 8.90. The first-order chi connectivity index (χ1) is 11.7. The predicted molar refractivity (Wildman–Crippen MR) is 97.0 cm³/mol. The van der Waals surface area contributed by atoms with Crippen molar-refractivity contribution in [3.63, 3.8) is 0 Å². The van der Waals surface area contributed by atoms with Gasteiger partial charge in [-0.3, -0.25) is 4.79 Å². The molecule has 0 unspecified atom stereocenters. The van der Waals surface area contributed by atoms with Crippen LogP contribution in [0.4, 0.5) is 0 Å². The van der Waals surface area contributed by atoms with Crippen LogP contribution in [0.2, 0.25) is 5.02 Å². The van der Waals surface area contributed by atoms with E-state index >= 15 is 0 Å². The Kier molecular flexibility index (Phi) is 4.11. The molecule has 1 heterocycles. The van der Waals surface area contributed by atoms with Crippen molar-refractivity contribution in [1.29, 1.82) is 0 Å². The second-order valence-corrected chi connectivity index (χ2v) is 6.89. The molecule has 3 aromatic rings. The minimum absolute atomic E-state index is 0.116. The minimum atomic E-state index is 0.116. The highest BCUT2D eigenvalue weighted by atomic mass is 35.5. The molecule has 0 radical (unpaired) electrons. The van der Waals surface area contributed by atoms with Crippen molar-refractivity contribution in [3.05, 3.63) is 59.2 Å². The quantitative estimate of drug-likeness (QED) is 0.596. The maximum atomic E-state index is 13.2. The van der Waals surface area contributed by atoms with Gasteiger partial charge in [0.2, 0.25) is 0 Å². The first-order valence-electron chi connectivity index (χ1n) is 8.52. The van der Waals surface area contributed by atoms with E-state index in [1.165, 1.54) is 6.42 Å². The highest BCUT2D eigenvalue weighted by Crippen LogP contribution is 2.31. The van der Waals surface area contributed by atoms with Crippen LogP contribution in [-0.4, -0.2) is 15.6 Å². The Labute approximate surface area is 146 Å². The van der Waals surface area contributed by atoms with Gasteiger partial charge in [0.05, 0.1) is 11.2 Å². The molecule has 2 aromatic carbocycles. The standard InChI is InChI=1S/C20H19ClN2O/c21-15-10-12-16(13-11-15)23-19(17-8-4-5-9-18(17)22-23)20(24)14-6-2-1-3-7-14/h4-5,8-14H,1-3,6-7H2. The smallest absolute Gasteiger partial charge is 0.185 e. The zero-order valence-corrected chi connectivity index (χ0v) is 14.2. The van der Waals surface area contributed by atoms with Crippen LogP contribution in [0.1, 0.15) is 42.6 Å². The number of fused-ring (bicyclic) bond motifs is 1. The third-order valence-electron chi connectivity index (χ3n) is 4.86. The molecule has 122 valence electrons. The summed E-state index contributed by atoms with van der Waals surface area (Å²) < 4.78 is 1.79. The molecule has 1 aliphatic rings. The average Bonchev–Trinajstić information content (AvgIpc) is 3.02. The maximum Gasteiger partial charge on any atom is 0.185 e. The summed E-state index contributed by atoms with van der Waals surface area (Å²) in [7, 11) is 0. The summed E-state index contributed by atoms with van der Waals surface area (Å²) >= 11 is 6.01. The summed E-state index contributed by atoms with van der Waals surface area (Å²) in [5, 5.41) is 6.29. The van der Waals surface area contributed by atoms with Gasteiger partial charge in [-0.05, 0) is 43.2 Å². The molecule has 0 spiro atoms. The second kappa shape index (κ2) is 6.40. The SMILES string of the molecule is O=C(c1c2ccccc2nn1-c1ccc(Cl)cc1)C1CCCCC1. The topological polar surface area (TPSA) is 34.9 Å². The van der Waals surface area contributed by atoms with Crippen LogP contribution in [0.5, 0.6) is 0 Å². The van der Waals surface area contributed by atoms with Crippen LogP contribution in [-0.2, 0) is 0 Å². The van der Waals surface area contributed by atoms with Gasteiger partial charge in [0, 0.05) is 16.3 Å². The molecule has 1 aliphatic carbocycles. The number of Topliss-reactive ketones (excluding diaryl/α,β-unsaturated/α-hetero) is 1. The van der Waals surface area contributed by atoms with Crippen LogP contribution in [0, 0.1) is 5.92 Å². The molecular weight excluding hydrogens is 320 g/mol. The molecule has 3 nitrogen and oxygen atoms in total. The Hall–Kier alpha value is -2.13. The van der Waals surface area contributed by atoms with Gasteiger partial charge in [-0.1, -0.05) is 49.1 Å². The zero-order chi connectivity index (χ0) is 16.5. The molecule has 4 heteroatoms. The van der Waals surface area contributed by atoms with Crippen molar-refractivity contribution in [2.45, 2.75) is 32.1 Å². The molecule has 1 saturated carbocycles. The third kappa shape index (κ3) is 2.73. The van der Waals surface area contributed by atoms with E-state index in [-0.39, 0.29) is 11.7 Å². The fraction of sp³-hybridized carbons (Fsp3) is 0.300. The van der Waals surface area contributed by atoms with E-state index in [1.807, 2.05) is 48.5 Å². The molecule has 0 bridgehead atoms. The first kappa shape index (κ1) is 15.4. The van der Waals surface area contributed by atoms with E-state index in [9.17, 15) is 4.79 Å². The molecule has 0 amide bonds. The van der Waals surface area contributed by atoms with Crippen LogP contribution >= 0.6 is 11.6 Å². The summed E-state index contributed by atoms with van der Waals surface area (Å²) in [5.74, 6) is 0.336. The molecule has 24 heavy (non-hydrogen) atoms. The molecule has 1 fully saturated rings. The third-order valence-corrected chi connectivity index (χ3v) is 5.11. The van der Waals surface area contributed by atoms with Gasteiger partial charge in [-0.2, -0.15) is 5.10 Å². The lowest BCUT2D eigenvalue weighted by Gasteiger charge is -2.20. The Morgan fingerprint density at radius 3 is 2.46 bits per heavy atom. The van der Waals surface area contributed by atoms with Crippen LogP contribution in [0.15, 0.2) is 48.5 Å². The molecule has 4 rings (SSSR count). The van der Waals surface area contributed by atoms with Crippen molar-refractivity contribution in [2.24, 2.45) is 5.92 Å². The number of hydrogen-bond acceptors (Lipinski definition) is 2. The van der Waals surface area contributed by atoms with Gasteiger partial charge < -0.3 is 0 Å². The van der Waals surface area contributed by atoms with Crippen LogP contribution in [0.3, 0.4) is 0 Å². The van der Waals surface area contributed by atoms with Crippen molar-refractivity contribution >= 4 is 28.3 Å². The number of nitrogens with zero attached hydrogens (tertiary/aromatic N) is 2.